The summed E-state index contributed by atoms with van der Waals surface area (Å²) in [5.74, 6) is 1.37. The van der Waals surface area contributed by atoms with Gasteiger partial charge in [-0.3, -0.25) is 5.41 Å². The predicted molar refractivity (Wildman–Crippen MR) is 31.7 cm³/mol. The minimum atomic E-state index is 0.227. The summed E-state index contributed by atoms with van der Waals surface area (Å²) in [6.45, 7) is 0. The van der Waals surface area contributed by atoms with Gasteiger partial charge in [-0.1, -0.05) is 0 Å². The van der Waals surface area contributed by atoms with Gasteiger partial charge in [-0.15, -0.1) is 0 Å². The standard InChI is InChI=1S/C6H10N2/c7-5(8)6-1-4(2-6)3-6/h4H,1-3H2,(H3,7,8). The fourth-order valence-corrected chi connectivity index (χ4v) is 1.81. The van der Waals surface area contributed by atoms with E-state index in [9.17, 15) is 0 Å². The normalized spacial score (nSPS) is 49.2. The van der Waals surface area contributed by atoms with Crippen LogP contribution in [0.5, 0.6) is 0 Å². The number of nitrogens with one attached hydrogen (secondary N) is 1. The Bertz CT molecular complexity index is 134. The molecule has 44 valence electrons. The zero-order chi connectivity index (χ0) is 5.78. The van der Waals surface area contributed by atoms with Crippen LogP contribution in [0.15, 0.2) is 0 Å². The molecule has 0 atom stereocenters. The molecule has 0 spiro atoms. The first-order valence-electron chi connectivity index (χ1n) is 3.07. The van der Waals surface area contributed by atoms with Crippen molar-refractivity contribution in [3.63, 3.8) is 0 Å². The fraction of sp³-hybridized carbons (Fsp3) is 0.833. The van der Waals surface area contributed by atoms with Gasteiger partial charge < -0.3 is 5.73 Å². The van der Waals surface area contributed by atoms with Crippen LogP contribution in [0.1, 0.15) is 19.3 Å². The summed E-state index contributed by atoms with van der Waals surface area (Å²) in [6.07, 6.45) is 3.63. The smallest absolute Gasteiger partial charge is 0.0968 e. The second kappa shape index (κ2) is 0.925. The highest BCUT2D eigenvalue weighted by Gasteiger charge is 2.58. The molecule has 3 aliphatic carbocycles. The topological polar surface area (TPSA) is 49.9 Å². The number of nitrogens with two attached hydrogens (primary N) is 1. The average molecular weight is 110 g/mol. The molecule has 3 fully saturated rings. The highest BCUT2D eigenvalue weighted by Crippen LogP contribution is 2.64. The van der Waals surface area contributed by atoms with Crippen LogP contribution in [0.3, 0.4) is 0 Å². The summed E-state index contributed by atoms with van der Waals surface area (Å²) in [6, 6.07) is 0. The molecule has 0 amide bonds. The van der Waals surface area contributed by atoms with Crippen molar-refractivity contribution in [2.45, 2.75) is 19.3 Å². The summed E-state index contributed by atoms with van der Waals surface area (Å²) >= 11 is 0. The molecule has 3 rings (SSSR count). The molecule has 0 aromatic carbocycles. The van der Waals surface area contributed by atoms with Gasteiger partial charge in [-0.05, 0) is 25.2 Å². The van der Waals surface area contributed by atoms with E-state index >= 15 is 0 Å². The number of hydrogen-bond acceptors (Lipinski definition) is 1. The van der Waals surface area contributed by atoms with Crippen molar-refractivity contribution < 1.29 is 0 Å². The van der Waals surface area contributed by atoms with Crippen LogP contribution in [0, 0.1) is 16.7 Å². The summed E-state index contributed by atoms with van der Waals surface area (Å²) in [5.41, 5.74) is 5.58. The van der Waals surface area contributed by atoms with Crippen molar-refractivity contribution in [1.82, 2.24) is 0 Å². The average Bonchev–Trinajstić information content (AvgIpc) is 1.16. The molecule has 2 bridgehead atoms. The second-order valence-corrected chi connectivity index (χ2v) is 3.17. The molecule has 2 heteroatoms. The van der Waals surface area contributed by atoms with Crippen LogP contribution in [-0.2, 0) is 0 Å². The largest absolute Gasteiger partial charge is 0.387 e. The molecule has 8 heavy (non-hydrogen) atoms. The van der Waals surface area contributed by atoms with Gasteiger partial charge in [0.15, 0.2) is 0 Å². The zero-order valence-corrected chi connectivity index (χ0v) is 4.78. The molecule has 0 heterocycles. The maximum atomic E-state index is 7.16. The molecule has 0 aliphatic heterocycles. The van der Waals surface area contributed by atoms with Crippen molar-refractivity contribution in [3.05, 3.63) is 0 Å². The van der Waals surface area contributed by atoms with Gasteiger partial charge in [-0.25, -0.2) is 0 Å². The maximum absolute atomic E-state index is 7.16. The van der Waals surface area contributed by atoms with Crippen LogP contribution >= 0.6 is 0 Å². The van der Waals surface area contributed by atoms with Gasteiger partial charge in [0, 0.05) is 5.41 Å². The van der Waals surface area contributed by atoms with E-state index in [1.165, 1.54) is 19.3 Å². The Balaban J connectivity index is 2.15. The Hall–Kier alpha value is -0.530. The molecular formula is C6H10N2. The molecule has 0 saturated heterocycles. The van der Waals surface area contributed by atoms with E-state index in [1.54, 1.807) is 0 Å². The molecule has 0 unspecified atom stereocenters. The van der Waals surface area contributed by atoms with Gasteiger partial charge in [0.05, 0.1) is 5.84 Å². The van der Waals surface area contributed by atoms with Crippen LogP contribution < -0.4 is 5.73 Å². The van der Waals surface area contributed by atoms with Crippen LogP contribution in [-0.4, -0.2) is 5.84 Å². The van der Waals surface area contributed by atoms with E-state index in [0.717, 1.165) is 5.92 Å². The fourth-order valence-electron chi connectivity index (χ4n) is 1.81. The Morgan fingerprint density at radius 3 is 2.00 bits per heavy atom. The van der Waals surface area contributed by atoms with Crippen LogP contribution in [0.25, 0.3) is 0 Å². The number of rotatable bonds is 1. The third kappa shape index (κ3) is 0.261. The van der Waals surface area contributed by atoms with E-state index in [0.29, 0.717) is 5.84 Å². The van der Waals surface area contributed by atoms with Gasteiger partial charge in [-0.2, -0.15) is 0 Å². The molecule has 0 radical (unpaired) electrons. The first-order chi connectivity index (χ1) is 3.73. The zero-order valence-electron chi connectivity index (χ0n) is 4.78. The van der Waals surface area contributed by atoms with Gasteiger partial charge >= 0.3 is 0 Å². The van der Waals surface area contributed by atoms with Gasteiger partial charge in [0.1, 0.15) is 0 Å². The first kappa shape index (κ1) is 4.36. The summed E-state index contributed by atoms with van der Waals surface area (Å²) in [4.78, 5) is 0. The van der Waals surface area contributed by atoms with E-state index < -0.39 is 0 Å². The number of hydrogen-bond donors (Lipinski definition) is 2. The molecule has 2 nitrogen and oxygen atoms in total. The lowest BCUT2D eigenvalue weighted by atomic mass is 9.44. The molecule has 0 aromatic heterocycles. The van der Waals surface area contributed by atoms with Gasteiger partial charge in [0.25, 0.3) is 0 Å². The van der Waals surface area contributed by atoms with Crippen LogP contribution in [0.2, 0.25) is 0 Å². The minimum Gasteiger partial charge on any atom is -0.387 e. The number of amidine groups is 1. The predicted octanol–water partition coefficient (Wildman–Crippen LogP) is 0.722. The SMILES string of the molecule is N=C(N)C12CC(C1)C2. The highest BCUT2D eigenvalue weighted by molar-refractivity contribution is 5.86. The molecule has 3 N–H and O–H groups in total. The molecule has 3 saturated carbocycles. The Morgan fingerprint density at radius 2 is 2.00 bits per heavy atom. The van der Waals surface area contributed by atoms with Crippen molar-refractivity contribution in [1.29, 1.82) is 5.41 Å². The lowest BCUT2D eigenvalue weighted by molar-refractivity contribution is -0.0422. The second-order valence-electron chi connectivity index (χ2n) is 3.17. The minimum absolute atomic E-state index is 0.227. The summed E-state index contributed by atoms with van der Waals surface area (Å²) in [7, 11) is 0. The van der Waals surface area contributed by atoms with Crippen LogP contribution in [0.4, 0.5) is 0 Å². The molecule has 3 aliphatic rings. The monoisotopic (exact) mass is 110 g/mol. The van der Waals surface area contributed by atoms with E-state index in [-0.39, 0.29) is 5.41 Å². The van der Waals surface area contributed by atoms with E-state index in [4.69, 9.17) is 11.1 Å². The summed E-state index contributed by atoms with van der Waals surface area (Å²) < 4.78 is 0. The van der Waals surface area contributed by atoms with E-state index in [1.807, 2.05) is 0 Å². The van der Waals surface area contributed by atoms with Crippen molar-refractivity contribution in [2.24, 2.45) is 17.1 Å². The Kier molecular flexibility index (Phi) is 0.504. The first-order valence-corrected chi connectivity index (χ1v) is 3.07. The Labute approximate surface area is 48.6 Å². The lowest BCUT2D eigenvalue weighted by Crippen LogP contribution is -2.58. The molecular weight excluding hydrogens is 100 g/mol. The summed E-state index contributed by atoms with van der Waals surface area (Å²) in [5, 5.41) is 7.16. The molecule has 0 aromatic rings. The highest BCUT2D eigenvalue weighted by atomic mass is 14.8. The third-order valence-electron chi connectivity index (χ3n) is 2.61. The van der Waals surface area contributed by atoms with E-state index in [2.05, 4.69) is 0 Å². The lowest BCUT2D eigenvalue weighted by Gasteiger charge is -2.60. The van der Waals surface area contributed by atoms with Gasteiger partial charge in [0.2, 0.25) is 0 Å². The quantitative estimate of drug-likeness (QED) is 0.379. The third-order valence-corrected chi connectivity index (χ3v) is 2.61. The van der Waals surface area contributed by atoms with Crippen molar-refractivity contribution >= 4 is 5.84 Å². The Morgan fingerprint density at radius 1 is 1.50 bits per heavy atom. The van der Waals surface area contributed by atoms with Crippen molar-refractivity contribution in [3.8, 4) is 0 Å². The van der Waals surface area contributed by atoms with Crippen molar-refractivity contribution in [2.75, 3.05) is 0 Å². The maximum Gasteiger partial charge on any atom is 0.0968 e.